The summed E-state index contributed by atoms with van der Waals surface area (Å²) in [5, 5.41) is 11.4. The summed E-state index contributed by atoms with van der Waals surface area (Å²) in [4.78, 5) is 1.35. The van der Waals surface area contributed by atoms with E-state index in [1.165, 1.54) is 15.8 Å². The zero-order valence-electron chi connectivity index (χ0n) is 15.9. The third-order valence-electron chi connectivity index (χ3n) is 5.71. The monoisotopic (exact) mass is 338 g/mol. The van der Waals surface area contributed by atoms with Crippen molar-refractivity contribution < 1.29 is 5.11 Å². The molecule has 0 aliphatic rings. The zero-order valence-corrected chi connectivity index (χ0v) is 17.7. The van der Waals surface area contributed by atoms with Gasteiger partial charge in [-0.2, -0.15) is 0 Å². The number of hydrogen-bond acceptors (Lipinski definition) is 2. The largest absolute Gasteiger partial charge is 0.507 e. The van der Waals surface area contributed by atoms with Gasteiger partial charge in [0.25, 0.3) is 0 Å². The minimum absolute atomic E-state index is 0.460. The molecule has 1 N–H and O–H groups in total. The van der Waals surface area contributed by atoms with Gasteiger partial charge in [-0.25, -0.2) is 0 Å². The molecule has 0 bridgehead atoms. The van der Waals surface area contributed by atoms with Crippen LogP contribution in [0.3, 0.4) is 0 Å². The van der Waals surface area contributed by atoms with Crippen molar-refractivity contribution in [1.29, 1.82) is 0 Å². The van der Waals surface area contributed by atoms with Gasteiger partial charge in [0.15, 0.2) is 0 Å². The number of phenolic OH excluding ortho intramolecular Hbond substituents is 1. The van der Waals surface area contributed by atoms with Crippen LogP contribution in [-0.2, 0) is 0 Å². The molecule has 1 aromatic rings. The van der Waals surface area contributed by atoms with Crippen molar-refractivity contribution in [2.45, 2.75) is 83.8 Å². The highest BCUT2D eigenvalue weighted by atomic mass is 32.2. The minimum Gasteiger partial charge on any atom is -0.507 e. The number of thioether (sulfide) groups is 1. The van der Waals surface area contributed by atoms with Crippen molar-refractivity contribution in [2.24, 2.45) is 0 Å². The topological polar surface area (TPSA) is 20.2 Å². The van der Waals surface area contributed by atoms with Crippen molar-refractivity contribution in [2.75, 3.05) is 5.38 Å². The molecule has 1 nitrogen and oxygen atoms in total. The Bertz CT molecular complexity index is 499. The van der Waals surface area contributed by atoms with Crippen LogP contribution in [0, 0.1) is 20.8 Å². The van der Waals surface area contributed by atoms with Gasteiger partial charge in [0.05, 0.1) is 8.07 Å². The quantitative estimate of drug-likeness (QED) is 0.464. The molecule has 126 valence electrons. The first-order chi connectivity index (χ1) is 10.1. The molecule has 0 aliphatic carbocycles. The Hall–Kier alpha value is -0.413. The number of aromatic hydroxyl groups is 1. The maximum absolute atomic E-state index is 10.1. The SMILES string of the molecule is Cc1cc(SC[Si](C(C)C)(C(C)C)C(C)C)c(C)c(C)c1O. The van der Waals surface area contributed by atoms with Gasteiger partial charge in [0.2, 0.25) is 0 Å². The highest BCUT2D eigenvalue weighted by Gasteiger charge is 2.42. The fourth-order valence-corrected chi connectivity index (χ4v) is 14.1. The lowest BCUT2D eigenvalue weighted by Crippen LogP contribution is -2.47. The molecule has 0 spiro atoms. The van der Waals surface area contributed by atoms with Crippen LogP contribution in [0.2, 0.25) is 16.6 Å². The lowest BCUT2D eigenvalue weighted by atomic mass is 10.1. The Morgan fingerprint density at radius 2 is 1.36 bits per heavy atom. The molecule has 0 aliphatic heterocycles. The molecule has 1 rings (SSSR count). The Morgan fingerprint density at radius 1 is 0.909 bits per heavy atom. The molecule has 0 saturated heterocycles. The molecule has 0 atom stereocenters. The van der Waals surface area contributed by atoms with E-state index in [1.54, 1.807) is 0 Å². The summed E-state index contributed by atoms with van der Waals surface area (Å²) in [7, 11) is -1.38. The summed E-state index contributed by atoms with van der Waals surface area (Å²) < 4.78 is 0. The molecular formula is C19H34OSSi. The fraction of sp³-hybridized carbons (Fsp3) is 0.684. The van der Waals surface area contributed by atoms with Gasteiger partial charge in [-0.15, -0.1) is 11.8 Å². The van der Waals surface area contributed by atoms with Crippen LogP contribution in [0.5, 0.6) is 5.75 Å². The van der Waals surface area contributed by atoms with Crippen LogP contribution < -0.4 is 0 Å². The smallest absolute Gasteiger partial charge is 0.121 e. The summed E-state index contributed by atoms with van der Waals surface area (Å²) in [6.45, 7) is 20.7. The van der Waals surface area contributed by atoms with E-state index >= 15 is 0 Å². The third kappa shape index (κ3) is 3.56. The Kier molecular flexibility index (Phi) is 6.64. The number of benzene rings is 1. The van der Waals surface area contributed by atoms with Crippen LogP contribution in [0.1, 0.15) is 58.2 Å². The molecule has 0 aromatic heterocycles. The molecule has 0 saturated carbocycles. The average molecular weight is 339 g/mol. The van der Waals surface area contributed by atoms with Crippen molar-refractivity contribution in [3.05, 3.63) is 22.8 Å². The van der Waals surface area contributed by atoms with E-state index in [4.69, 9.17) is 0 Å². The van der Waals surface area contributed by atoms with Gasteiger partial charge in [0.1, 0.15) is 5.75 Å². The van der Waals surface area contributed by atoms with E-state index < -0.39 is 8.07 Å². The van der Waals surface area contributed by atoms with Crippen LogP contribution in [0.15, 0.2) is 11.0 Å². The van der Waals surface area contributed by atoms with Gasteiger partial charge < -0.3 is 5.11 Å². The van der Waals surface area contributed by atoms with Crippen molar-refractivity contribution in [3.8, 4) is 5.75 Å². The standard InChI is InChI=1S/C19H34OSSi/c1-12(2)22(13(3)4,14(5)6)11-21-18-10-15(7)19(20)17(9)16(18)8/h10,12-14,20H,11H2,1-9H3. The van der Waals surface area contributed by atoms with Gasteiger partial charge in [-0.05, 0) is 65.5 Å². The Morgan fingerprint density at radius 3 is 1.77 bits per heavy atom. The van der Waals surface area contributed by atoms with E-state index in [9.17, 15) is 5.11 Å². The maximum atomic E-state index is 10.1. The van der Waals surface area contributed by atoms with Crippen molar-refractivity contribution in [3.63, 3.8) is 0 Å². The molecular weight excluding hydrogens is 304 g/mol. The number of hydrogen-bond donors (Lipinski definition) is 1. The van der Waals surface area contributed by atoms with Gasteiger partial charge >= 0.3 is 0 Å². The normalized spacial score (nSPS) is 12.7. The number of phenols is 1. The van der Waals surface area contributed by atoms with Crippen LogP contribution >= 0.6 is 11.8 Å². The van der Waals surface area contributed by atoms with Crippen LogP contribution in [0.25, 0.3) is 0 Å². The molecule has 22 heavy (non-hydrogen) atoms. The lowest BCUT2D eigenvalue weighted by Gasteiger charge is -2.43. The van der Waals surface area contributed by atoms with E-state index in [-0.39, 0.29) is 0 Å². The summed E-state index contributed by atoms with van der Waals surface area (Å²) >= 11 is 2.03. The zero-order chi connectivity index (χ0) is 17.2. The van der Waals surface area contributed by atoms with E-state index in [1.807, 2.05) is 25.6 Å². The summed E-state index contributed by atoms with van der Waals surface area (Å²) in [5.74, 6) is 0.460. The molecule has 1 aromatic carbocycles. The molecule has 0 unspecified atom stereocenters. The summed E-state index contributed by atoms with van der Waals surface area (Å²) in [6.07, 6.45) is 0. The number of aryl methyl sites for hydroxylation is 1. The highest BCUT2D eigenvalue weighted by Crippen LogP contribution is 2.45. The summed E-state index contributed by atoms with van der Waals surface area (Å²) in [5.41, 5.74) is 5.65. The molecule has 0 heterocycles. The van der Waals surface area contributed by atoms with Crippen molar-refractivity contribution in [1.82, 2.24) is 0 Å². The molecule has 0 radical (unpaired) electrons. The highest BCUT2D eigenvalue weighted by molar-refractivity contribution is 8.01. The number of rotatable bonds is 6. The van der Waals surface area contributed by atoms with Crippen LogP contribution in [-0.4, -0.2) is 18.6 Å². The second kappa shape index (κ2) is 7.44. The third-order valence-corrected chi connectivity index (χ3v) is 15.5. The van der Waals surface area contributed by atoms with E-state index in [0.717, 1.165) is 27.8 Å². The Balaban J connectivity index is 3.15. The predicted octanol–water partition coefficient (Wildman–Crippen LogP) is 6.63. The molecule has 0 amide bonds. The Labute approximate surface area is 142 Å². The minimum atomic E-state index is -1.38. The lowest BCUT2D eigenvalue weighted by molar-refractivity contribution is 0.465. The van der Waals surface area contributed by atoms with E-state index in [2.05, 4.69) is 54.5 Å². The van der Waals surface area contributed by atoms with Crippen molar-refractivity contribution >= 4 is 19.8 Å². The van der Waals surface area contributed by atoms with Gasteiger partial charge in [-0.3, -0.25) is 0 Å². The molecule has 3 heteroatoms. The molecule has 0 fully saturated rings. The first kappa shape index (κ1) is 19.6. The van der Waals surface area contributed by atoms with Gasteiger partial charge in [0, 0.05) is 4.90 Å². The average Bonchev–Trinajstić information content (AvgIpc) is 2.41. The first-order valence-corrected chi connectivity index (χ1v) is 11.9. The van der Waals surface area contributed by atoms with Crippen LogP contribution in [0.4, 0.5) is 0 Å². The second-order valence-corrected chi connectivity index (χ2v) is 15.2. The predicted molar refractivity (Wildman–Crippen MR) is 104 cm³/mol. The van der Waals surface area contributed by atoms with Gasteiger partial charge in [-0.1, -0.05) is 41.5 Å². The fourth-order valence-electron chi connectivity index (χ4n) is 3.88. The second-order valence-electron chi connectivity index (χ2n) is 7.66. The first-order valence-electron chi connectivity index (χ1n) is 8.48. The van der Waals surface area contributed by atoms with E-state index in [0.29, 0.717) is 5.75 Å². The maximum Gasteiger partial charge on any atom is 0.121 e. The summed E-state index contributed by atoms with van der Waals surface area (Å²) in [6, 6.07) is 2.17.